The molecule has 4 unspecified atom stereocenters. The molecular formula is C30H35F5N8O4. The van der Waals surface area contributed by atoms with E-state index in [4.69, 9.17) is 9.26 Å². The van der Waals surface area contributed by atoms with Crippen molar-refractivity contribution in [3.63, 3.8) is 0 Å². The molecule has 47 heavy (non-hydrogen) atoms. The summed E-state index contributed by atoms with van der Waals surface area (Å²) in [5, 5.41) is 6.01. The molecule has 2 amide bonds. The Labute approximate surface area is 267 Å². The van der Waals surface area contributed by atoms with Crippen LogP contribution in [0.3, 0.4) is 0 Å². The molecule has 4 atom stereocenters. The highest BCUT2D eigenvalue weighted by molar-refractivity contribution is 5.93. The Morgan fingerprint density at radius 3 is 2.38 bits per heavy atom. The quantitative estimate of drug-likeness (QED) is 0.362. The SMILES string of the molecule is CN(C(=O)c1cnc(N2CC(NC(=O)OC(C)(C)C)C(c3cc(F)ccc3F)C2)nc1)C1CCN(c2nc(C(C)(F)F)no2)CC1F. The van der Waals surface area contributed by atoms with Gasteiger partial charge >= 0.3 is 18.0 Å². The van der Waals surface area contributed by atoms with E-state index in [0.29, 0.717) is 6.92 Å². The summed E-state index contributed by atoms with van der Waals surface area (Å²) in [5.41, 5.74) is -0.642. The molecule has 0 aliphatic carbocycles. The number of hydrogen-bond acceptors (Lipinski definition) is 10. The number of halogens is 5. The molecule has 2 aliphatic rings. The number of nitrogens with zero attached hydrogens (tertiary/aromatic N) is 7. The summed E-state index contributed by atoms with van der Waals surface area (Å²) in [6, 6.07) is 1.35. The Kier molecular flexibility index (Phi) is 9.28. The number of amides is 2. The first kappa shape index (κ1) is 33.8. The first-order valence-electron chi connectivity index (χ1n) is 14.9. The van der Waals surface area contributed by atoms with E-state index in [1.165, 1.54) is 29.2 Å². The number of carbonyl (C=O) groups excluding carboxylic acids is 2. The smallest absolute Gasteiger partial charge is 0.407 e. The Bertz CT molecular complexity index is 1600. The van der Waals surface area contributed by atoms with Crippen LogP contribution in [0.1, 0.15) is 61.8 Å². The number of ether oxygens (including phenoxy) is 1. The van der Waals surface area contributed by atoms with Crippen LogP contribution >= 0.6 is 0 Å². The highest BCUT2D eigenvalue weighted by Crippen LogP contribution is 2.33. The van der Waals surface area contributed by atoms with E-state index >= 15 is 4.39 Å². The van der Waals surface area contributed by atoms with Gasteiger partial charge in [-0.1, -0.05) is 5.16 Å². The largest absolute Gasteiger partial charge is 0.444 e. The lowest BCUT2D eigenvalue weighted by atomic mass is 9.94. The lowest BCUT2D eigenvalue weighted by Gasteiger charge is -2.38. The van der Waals surface area contributed by atoms with Crippen LogP contribution in [-0.4, -0.2) is 94.1 Å². The van der Waals surface area contributed by atoms with Gasteiger partial charge in [-0.05, 0) is 51.0 Å². The van der Waals surface area contributed by atoms with E-state index in [1.807, 2.05) is 0 Å². The van der Waals surface area contributed by atoms with Gasteiger partial charge in [0.25, 0.3) is 5.91 Å². The van der Waals surface area contributed by atoms with E-state index in [2.05, 4.69) is 25.4 Å². The zero-order valence-corrected chi connectivity index (χ0v) is 26.4. The monoisotopic (exact) mass is 666 g/mol. The molecule has 4 heterocycles. The van der Waals surface area contributed by atoms with Crippen LogP contribution in [0, 0.1) is 11.6 Å². The van der Waals surface area contributed by atoms with Gasteiger partial charge in [0.15, 0.2) is 0 Å². The fraction of sp³-hybridized carbons (Fsp3) is 0.533. The number of hydrogen-bond donors (Lipinski definition) is 1. The summed E-state index contributed by atoms with van der Waals surface area (Å²) >= 11 is 0. The molecule has 2 saturated heterocycles. The number of rotatable bonds is 7. The van der Waals surface area contributed by atoms with Gasteiger partial charge in [0.05, 0.1) is 24.2 Å². The van der Waals surface area contributed by atoms with Gasteiger partial charge in [0.1, 0.15) is 23.4 Å². The van der Waals surface area contributed by atoms with Crippen LogP contribution in [0.4, 0.5) is 38.7 Å². The number of aromatic nitrogens is 4. The lowest BCUT2D eigenvalue weighted by Crippen LogP contribution is -2.53. The predicted molar refractivity (Wildman–Crippen MR) is 158 cm³/mol. The predicted octanol–water partition coefficient (Wildman–Crippen LogP) is 4.44. The molecule has 2 aromatic heterocycles. The van der Waals surface area contributed by atoms with Crippen molar-refractivity contribution in [3.05, 3.63) is 59.2 Å². The van der Waals surface area contributed by atoms with Crippen molar-refractivity contribution in [1.29, 1.82) is 0 Å². The number of carbonyl (C=O) groups is 2. The molecule has 0 saturated carbocycles. The summed E-state index contributed by atoms with van der Waals surface area (Å²) in [5.74, 6) is -6.44. The summed E-state index contributed by atoms with van der Waals surface area (Å²) in [6.45, 7) is 5.90. The van der Waals surface area contributed by atoms with E-state index in [-0.39, 0.29) is 55.7 Å². The lowest BCUT2D eigenvalue weighted by molar-refractivity contribution is 0.00557. The van der Waals surface area contributed by atoms with Crippen molar-refractivity contribution in [2.45, 2.75) is 69.8 Å². The van der Waals surface area contributed by atoms with Crippen LogP contribution < -0.4 is 15.1 Å². The first-order chi connectivity index (χ1) is 22.0. The highest BCUT2D eigenvalue weighted by atomic mass is 19.3. The zero-order valence-electron chi connectivity index (χ0n) is 26.4. The molecule has 5 rings (SSSR count). The van der Waals surface area contributed by atoms with E-state index in [0.717, 1.165) is 18.2 Å². The molecule has 3 aromatic rings. The van der Waals surface area contributed by atoms with Crippen molar-refractivity contribution >= 4 is 24.0 Å². The van der Waals surface area contributed by atoms with Gasteiger partial charge in [-0.15, -0.1) is 0 Å². The molecule has 0 spiro atoms. The third-order valence-corrected chi connectivity index (χ3v) is 7.95. The number of anilines is 2. The minimum atomic E-state index is -3.31. The average Bonchev–Trinajstić information content (AvgIpc) is 3.65. The van der Waals surface area contributed by atoms with E-state index < -0.39 is 65.2 Å². The fourth-order valence-corrected chi connectivity index (χ4v) is 5.66. The Morgan fingerprint density at radius 1 is 1.06 bits per heavy atom. The summed E-state index contributed by atoms with van der Waals surface area (Å²) in [7, 11) is 1.44. The number of alkyl carbamates (subject to hydrolysis) is 1. The second kappa shape index (κ2) is 12.9. The van der Waals surface area contributed by atoms with Crippen molar-refractivity contribution in [2.75, 3.05) is 43.0 Å². The normalized spacial score (nSPS) is 21.9. The molecule has 12 nitrogen and oxygen atoms in total. The number of piperidine rings is 1. The minimum absolute atomic E-state index is 0.0663. The average molecular weight is 667 g/mol. The fourth-order valence-electron chi connectivity index (χ4n) is 5.66. The Balaban J connectivity index is 1.26. The molecule has 2 aliphatic heterocycles. The Morgan fingerprint density at radius 2 is 1.77 bits per heavy atom. The van der Waals surface area contributed by atoms with Crippen LogP contribution in [0.15, 0.2) is 35.1 Å². The van der Waals surface area contributed by atoms with Crippen molar-refractivity contribution in [2.24, 2.45) is 0 Å². The topological polar surface area (TPSA) is 130 Å². The number of alkyl halides is 3. The molecule has 0 radical (unpaired) electrons. The highest BCUT2D eigenvalue weighted by Gasteiger charge is 2.40. The van der Waals surface area contributed by atoms with E-state index in [9.17, 15) is 27.2 Å². The van der Waals surface area contributed by atoms with Gasteiger partial charge in [0.2, 0.25) is 11.8 Å². The maximum atomic E-state index is 15.3. The first-order valence-corrected chi connectivity index (χ1v) is 14.9. The molecule has 254 valence electrons. The molecular weight excluding hydrogens is 631 g/mol. The van der Waals surface area contributed by atoms with Gasteiger partial charge in [0, 0.05) is 51.9 Å². The van der Waals surface area contributed by atoms with Crippen molar-refractivity contribution in [3.8, 4) is 0 Å². The van der Waals surface area contributed by atoms with Crippen LogP contribution in [0.2, 0.25) is 0 Å². The molecule has 0 bridgehead atoms. The van der Waals surface area contributed by atoms with Crippen molar-refractivity contribution in [1.82, 2.24) is 30.3 Å². The van der Waals surface area contributed by atoms with Gasteiger partial charge in [-0.3, -0.25) is 4.79 Å². The van der Waals surface area contributed by atoms with Gasteiger partial charge in [-0.2, -0.15) is 13.8 Å². The minimum Gasteiger partial charge on any atom is -0.444 e. The molecule has 17 heteroatoms. The van der Waals surface area contributed by atoms with Gasteiger partial charge in [-0.25, -0.2) is 27.9 Å². The molecule has 1 aromatic carbocycles. The van der Waals surface area contributed by atoms with E-state index in [1.54, 1.807) is 25.7 Å². The third kappa shape index (κ3) is 7.71. The third-order valence-electron chi connectivity index (χ3n) is 7.95. The zero-order chi connectivity index (χ0) is 34.3. The van der Waals surface area contributed by atoms with Gasteiger partial charge < -0.3 is 29.3 Å². The number of nitrogens with one attached hydrogen (secondary N) is 1. The maximum absolute atomic E-state index is 15.3. The van der Waals surface area contributed by atoms with Crippen molar-refractivity contribution < 1.29 is 40.8 Å². The maximum Gasteiger partial charge on any atom is 0.407 e. The Hall–Kier alpha value is -4.57. The standard InChI is InChI=1S/C30H35F5N8O4/c1-29(2,3)46-28(45)38-22-15-43(13-19(22)18-10-17(31)6-7-20(18)32)26-36-11-16(12-37-26)24(44)41(5)23-8-9-42(14-21(23)33)27-39-25(40-47-27)30(4,34)35/h6-7,10-12,19,21-23H,8-9,13-15H2,1-5H3,(H,38,45). The van der Waals surface area contributed by atoms with Crippen LogP contribution in [-0.2, 0) is 10.7 Å². The second-order valence-electron chi connectivity index (χ2n) is 12.7. The summed E-state index contributed by atoms with van der Waals surface area (Å²) < 4.78 is 81.4. The number of benzene rings is 1. The summed E-state index contributed by atoms with van der Waals surface area (Å²) in [6.07, 6.45) is 0.425. The second-order valence-corrected chi connectivity index (χ2v) is 12.7. The molecule has 2 fully saturated rings. The molecule has 1 N–H and O–H groups in total. The van der Waals surface area contributed by atoms with Crippen LogP contribution in [0.25, 0.3) is 0 Å². The van der Waals surface area contributed by atoms with Crippen LogP contribution in [0.5, 0.6) is 0 Å². The summed E-state index contributed by atoms with van der Waals surface area (Å²) in [4.78, 5) is 42.4.